The monoisotopic (exact) mass is 304 g/mol. The number of nitrogens with zero attached hydrogens (tertiary/aromatic N) is 2. The summed E-state index contributed by atoms with van der Waals surface area (Å²) in [5.41, 5.74) is 2.49. The summed E-state index contributed by atoms with van der Waals surface area (Å²) in [5.74, 6) is 0.263. The highest BCUT2D eigenvalue weighted by molar-refractivity contribution is 6.34. The molecule has 0 aliphatic rings. The molecule has 0 atom stereocenters. The maximum atomic E-state index is 12.3. The first-order valence-electron chi connectivity index (χ1n) is 6.67. The summed E-state index contributed by atoms with van der Waals surface area (Å²) in [6.45, 7) is 6.41. The summed E-state index contributed by atoms with van der Waals surface area (Å²) >= 11 is 6.06. The number of amides is 1. The van der Waals surface area contributed by atoms with E-state index in [1.807, 2.05) is 32.9 Å². The van der Waals surface area contributed by atoms with Gasteiger partial charge in [0.05, 0.1) is 16.4 Å². The molecule has 5 nitrogen and oxygen atoms in total. The summed E-state index contributed by atoms with van der Waals surface area (Å²) in [4.78, 5) is 20.9. The summed E-state index contributed by atoms with van der Waals surface area (Å²) < 4.78 is 0. The van der Waals surface area contributed by atoms with Gasteiger partial charge in [-0.25, -0.2) is 4.98 Å². The molecule has 6 heteroatoms. The van der Waals surface area contributed by atoms with Crippen LogP contribution in [-0.4, -0.2) is 22.4 Å². The van der Waals surface area contributed by atoms with E-state index in [9.17, 15) is 4.79 Å². The van der Waals surface area contributed by atoms with Crippen molar-refractivity contribution in [2.45, 2.75) is 20.8 Å². The quantitative estimate of drug-likeness (QED) is 0.908. The molecular weight excluding hydrogens is 288 g/mol. The molecule has 0 unspecified atom stereocenters. The molecule has 0 spiro atoms. The molecule has 2 heterocycles. The fourth-order valence-corrected chi connectivity index (χ4v) is 2.07. The van der Waals surface area contributed by atoms with Gasteiger partial charge in [0.2, 0.25) is 0 Å². The Morgan fingerprint density at radius 1 is 1.19 bits per heavy atom. The number of hydrogen-bond acceptors (Lipinski definition) is 4. The molecule has 2 aromatic heterocycles. The van der Waals surface area contributed by atoms with Crippen molar-refractivity contribution in [3.05, 3.63) is 46.4 Å². The summed E-state index contributed by atoms with van der Waals surface area (Å²) in [5, 5.41) is 6.15. The van der Waals surface area contributed by atoms with Crippen LogP contribution in [0.5, 0.6) is 0 Å². The lowest BCUT2D eigenvalue weighted by Gasteiger charge is -2.10. The number of pyridine rings is 2. The zero-order valence-corrected chi connectivity index (χ0v) is 13.0. The second-order valence-corrected chi connectivity index (χ2v) is 5.00. The van der Waals surface area contributed by atoms with E-state index in [1.165, 1.54) is 0 Å². The molecule has 0 saturated carbocycles. The number of halogens is 1. The normalized spacial score (nSPS) is 10.3. The Bertz CT molecular complexity index is 673. The van der Waals surface area contributed by atoms with E-state index in [0.717, 1.165) is 17.9 Å². The van der Waals surface area contributed by atoms with Crippen molar-refractivity contribution in [3.63, 3.8) is 0 Å². The van der Waals surface area contributed by atoms with Crippen molar-refractivity contribution in [1.29, 1.82) is 0 Å². The minimum Gasteiger partial charge on any atom is -0.370 e. The Kier molecular flexibility index (Phi) is 4.75. The molecule has 0 aliphatic carbocycles. The van der Waals surface area contributed by atoms with Gasteiger partial charge in [-0.1, -0.05) is 11.6 Å². The number of rotatable bonds is 4. The van der Waals surface area contributed by atoms with E-state index in [1.54, 1.807) is 12.1 Å². The van der Waals surface area contributed by atoms with Crippen LogP contribution in [0.4, 0.5) is 11.5 Å². The van der Waals surface area contributed by atoms with E-state index in [0.29, 0.717) is 16.5 Å². The highest BCUT2D eigenvalue weighted by Crippen LogP contribution is 2.19. The maximum Gasteiger partial charge on any atom is 0.275 e. The Labute approximate surface area is 128 Å². The minimum atomic E-state index is -0.353. The van der Waals surface area contributed by atoms with Crippen molar-refractivity contribution in [3.8, 4) is 0 Å². The molecule has 2 rings (SSSR count). The largest absolute Gasteiger partial charge is 0.370 e. The predicted octanol–water partition coefficient (Wildman–Crippen LogP) is 3.43. The van der Waals surface area contributed by atoms with Crippen LogP contribution in [0.3, 0.4) is 0 Å². The predicted molar refractivity (Wildman–Crippen MR) is 85.1 cm³/mol. The van der Waals surface area contributed by atoms with Crippen LogP contribution in [0.15, 0.2) is 24.3 Å². The standard InChI is InChI=1S/C15H17ClN4O/c1-4-17-13-8-6-11(16)14(20-13)15(21)19-12-7-5-9(2)18-10(12)3/h5-8H,4H2,1-3H3,(H,17,20)(H,19,21). The number of hydrogen-bond donors (Lipinski definition) is 2. The molecule has 0 radical (unpaired) electrons. The van der Waals surface area contributed by atoms with Gasteiger partial charge in [0.15, 0.2) is 0 Å². The van der Waals surface area contributed by atoms with Gasteiger partial charge in [-0.3, -0.25) is 9.78 Å². The van der Waals surface area contributed by atoms with Crippen LogP contribution in [-0.2, 0) is 0 Å². The molecule has 1 amide bonds. The van der Waals surface area contributed by atoms with E-state index >= 15 is 0 Å². The van der Waals surface area contributed by atoms with Crippen LogP contribution < -0.4 is 10.6 Å². The Balaban J connectivity index is 2.25. The fraction of sp³-hybridized carbons (Fsp3) is 0.267. The third kappa shape index (κ3) is 3.70. The van der Waals surface area contributed by atoms with Crippen LogP contribution in [0, 0.1) is 13.8 Å². The van der Waals surface area contributed by atoms with Gasteiger partial charge in [0, 0.05) is 12.2 Å². The number of carbonyl (C=O) groups excluding carboxylic acids is 1. The molecule has 2 aromatic rings. The topological polar surface area (TPSA) is 66.9 Å². The fourth-order valence-electron chi connectivity index (χ4n) is 1.88. The Morgan fingerprint density at radius 2 is 1.95 bits per heavy atom. The zero-order chi connectivity index (χ0) is 15.4. The van der Waals surface area contributed by atoms with E-state index in [4.69, 9.17) is 11.6 Å². The van der Waals surface area contributed by atoms with Crippen LogP contribution in [0.2, 0.25) is 5.02 Å². The smallest absolute Gasteiger partial charge is 0.275 e. The SMILES string of the molecule is CCNc1ccc(Cl)c(C(=O)Nc2ccc(C)nc2C)n1. The minimum absolute atomic E-state index is 0.190. The molecule has 0 saturated heterocycles. The lowest BCUT2D eigenvalue weighted by atomic mass is 10.2. The summed E-state index contributed by atoms with van der Waals surface area (Å²) in [6.07, 6.45) is 0. The Morgan fingerprint density at radius 3 is 2.62 bits per heavy atom. The number of nitrogens with one attached hydrogen (secondary N) is 2. The first-order chi connectivity index (χ1) is 10.0. The molecule has 110 valence electrons. The van der Waals surface area contributed by atoms with Gasteiger partial charge < -0.3 is 10.6 Å². The first-order valence-corrected chi connectivity index (χ1v) is 7.05. The van der Waals surface area contributed by atoms with Gasteiger partial charge in [0.1, 0.15) is 11.5 Å². The van der Waals surface area contributed by atoms with E-state index in [2.05, 4.69) is 20.6 Å². The summed E-state index contributed by atoms with van der Waals surface area (Å²) in [7, 11) is 0. The zero-order valence-electron chi connectivity index (χ0n) is 12.2. The molecule has 0 aliphatic heterocycles. The van der Waals surface area contributed by atoms with Gasteiger partial charge in [-0.15, -0.1) is 0 Å². The number of anilines is 2. The lowest BCUT2D eigenvalue weighted by Crippen LogP contribution is -2.16. The third-order valence-corrected chi connectivity index (χ3v) is 3.20. The van der Waals surface area contributed by atoms with Crippen molar-refractivity contribution >= 4 is 29.0 Å². The van der Waals surface area contributed by atoms with Crippen molar-refractivity contribution < 1.29 is 4.79 Å². The first kappa shape index (κ1) is 15.3. The summed E-state index contributed by atoms with van der Waals surface area (Å²) in [6, 6.07) is 7.05. The van der Waals surface area contributed by atoms with E-state index in [-0.39, 0.29) is 11.6 Å². The molecule has 21 heavy (non-hydrogen) atoms. The van der Waals surface area contributed by atoms with Crippen LogP contribution in [0.25, 0.3) is 0 Å². The number of aryl methyl sites for hydroxylation is 2. The molecule has 0 aromatic carbocycles. The van der Waals surface area contributed by atoms with Gasteiger partial charge in [-0.05, 0) is 45.0 Å². The third-order valence-electron chi connectivity index (χ3n) is 2.89. The van der Waals surface area contributed by atoms with Crippen molar-refractivity contribution in [2.75, 3.05) is 17.2 Å². The highest BCUT2D eigenvalue weighted by atomic mass is 35.5. The van der Waals surface area contributed by atoms with Gasteiger partial charge in [0.25, 0.3) is 5.91 Å². The molecule has 2 N–H and O–H groups in total. The second-order valence-electron chi connectivity index (χ2n) is 4.60. The van der Waals surface area contributed by atoms with Crippen molar-refractivity contribution in [1.82, 2.24) is 9.97 Å². The number of aromatic nitrogens is 2. The number of carbonyl (C=O) groups is 1. The van der Waals surface area contributed by atoms with Gasteiger partial charge in [-0.2, -0.15) is 0 Å². The van der Waals surface area contributed by atoms with Gasteiger partial charge >= 0.3 is 0 Å². The molecule has 0 fully saturated rings. The second kappa shape index (κ2) is 6.54. The average molecular weight is 305 g/mol. The Hall–Kier alpha value is -2.14. The van der Waals surface area contributed by atoms with Crippen molar-refractivity contribution in [2.24, 2.45) is 0 Å². The molecular formula is C15H17ClN4O. The molecule has 0 bridgehead atoms. The van der Waals surface area contributed by atoms with Crippen LogP contribution in [0.1, 0.15) is 28.8 Å². The highest BCUT2D eigenvalue weighted by Gasteiger charge is 2.14. The average Bonchev–Trinajstić information content (AvgIpc) is 2.44. The van der Waals surface area contributed by atoms with Crippen LogP contribution >= 0.6 is 11.6 Å². The maximum absolute atomic E-state index is 12.3. The lowest BCUT2D eigenvalue weighted by molar-refractivity contribution is 0.102. The van der Waals surface area contributed by atoms with E-state index < -0.39 is 0 Å².